The molecule has 0 bridgehead atoms. The highest BCUT2D eigenvalue weighted by atomic mass is 32.1. The Kier molecular flexibility index (Phi) is 4.48. The van der Waals surface area contributed by atoms with Crippen LogP contribution >= 0.6 is 11.3 Å². The van der Waals surface area contributed by atoms with Crippen LogP contribution in [-0.4, -0.2) is 40.4 Å². The molecule has 0 aromatic carbocycles. The molecule has 1 saturated carbocycles. The van der Waals surface area contributed by atoms with Crippen LogP contribution in [0.25, 0.3) is 0 Å². The van der Waals surface area contributed by atoms with Crippen molar-refractivity contribution < 1.29 is 14.3 Å². The number of amides is 1. The minimum Gasteiger partial charge on any atom is -0.464 e. The fourth-order valence-corrected chi connectivity index (χ4v) is 4.37. The van der Waals surface area contributed by atoms with Gasteiger partial charge in [0.1, 0.15) is 10.7 Å². The number of aryl methyl sites for hydroxylation is 1. The Morgan fingerprint density at radius 3 is 2.69 bits per heavy atom. The van der Waals surface area contributed by atoms with Crippen LogP contribution in [0.3, 0.4) is 0 Å². The van der Waals surface area contributed by atoms with Crippen LogP contribution in [-0.2, 0) is 4.74 Å². The molecular formula is C19H21N3O3S. The molecule has 1 saturated heterocycles. The van der Waals surface area contributed by atoms with E-state index in [0.717, 1.165) is 42.1 Å². The number of esters is 1. The van der Waals surface area contributed by atoms with Crippen molar-refractivity contribution in [2.45, 2.75) is 44.6 Å². The Morgan fingerprint density at radius 1 is 1.23 bits per heavy atom. The second-order valence-corrected chi connectivity index (χ2v) is 7.81. The topological polar surface area (TPSA) is 72.4 Å². The molecule has 0 N–H and O–H groups in total. The highest BCUT2D eigenvalue weighted by Crippen LogP contribution is 2.40. The van der Waals surface area contributed by atoms with Crippen LogP contribution in [0.2, 0.25) is 0 Å². The molecule has 0 spiro atoms. The van der Waals surface area contributed by atoms with Gasteiger partial charge >= 0.3 is 5.97 Å². The van der Waals surface area contributed by atoms with Crippen molar-refractivity contribution in [3.05, 3.63) is 45.2 Å². The summed E-state index contributed by atoms with van der Waals surface area (Å²) in [5.41, 5.74) is 2.53. The molecule has 1 atom stereocenters. The first kappa shape index (κ1) is 17.1. The summed E-state index contributed by atoms with van der Waals surface area (Å²) in [5, 5.41) is 3.00. The molecule has 1 aliphatic carbocycles. The molecule has 0 radical (unpaired) electrons. The summed E-state index contributed by atoms with van der Waals surface area (Å²) in [7, 11) is 1.33. The fraction of sp³-hybridized carbons (Fsp3) is 0.474. The van der Waals surface area contributed by atoms with Crippen molar-refractivity contribution in [3.8, 4) is 0 Å². The number of thiazole rings is 1. The Bertz CT molecular complexity index is 859. The van der Waals surface area contributed by atoms with E-state index in [4.69, 9.17) is 4.74 Å². The molecule has 4 rings (SSSR count). The number of carbonyl (C=O) groups is 2. The Hall–Kier alpha value is -2.28. The van der Waals surface area contributed by atoms with Crippen LogP contribution in [0.15, 0.2) is 17.5 Å². The lowest BCUT2D eigenvalue weighted by atomic mass is 10.1. The number of aromatic nitrogens is 2. The maximum Gasteiger partial charge on any atom is 0.356 e. The van der Waals surface area contributed by atoms with E-state index in [1.54, 1.807) is 17.4 Å². The lowest BCUT2D eigenvalue weighted by molar-refractivity contribution is 0.0593. The number of methoxy groups -OCH3 is 1. The zero-order valence-electron chi connectivity index (χ0n) is 14.9. The van der Waals surface area contributed by atoms with Crippen molar-refractivity contribution in [3.63, 3.8) is 0 Å². The first-order chi connectivity index (χ1) is 12.6. The van der Waals surface area contributed by atoms with Gasteiger partial charge in [-0.15, -0.1) is 11.3 Å². The van der Waals surface area contributed by atoms with Gasteiger partial charge in [-0.3, -0.25) is 4.79 Å². The third-order valence-electron chi connectivity index (χ3n) is 4.92. The predicted molar refractivity (Wildman–Crippen MR) is 97.4 cm³/mol. The molecule has 2 aromatic rings. The highest BCUT2D eigenvalue weighted by molar-refractivity contribution is 7.09. The monoisotopic (exact) mass is 371 g/mol. The number of ether oxygens (including phenoxy) is 1. The van der Waals surface area contributed by atoms with Gasteiger partial charge < -0.3 is 9.64 Å². The highest BCUT2D eigenvalue weighted by Gasteiger charge is 2.34. The Morgan fingerprint density at radius 2 is 2.04 bits per heavy atom. The van der Waals surface area contributed by atoms with Gasteiger partial charge in [0.05, 0.1) is 13.2 Å². The molecule has 1 aliphatic heterocycles. The zero-order chi connectivity index (χ0) is 18.3. The third-order valence-corrected chi connectivity index (χ3v) is 5.98. The summed E-state index contributed by atoms with van der Waals surface area (Å²) in [6.07, 6.45) is 3.98. The largest absolute Gasteiger partial charge is 0.464 e. The van der Waals surface area contributed by atoms with Gasteiger partial charge in [0.25, 0.3) is 5.91 Å². The van der Waals surface area contributed by atoms with Crippen molar-refractivity contribution in [2.24, 2.45) is 0 Å². The molecule has 2 aliphatic rings. The molecule has 2 aromatic heterocycles. The second-order valence-electron chi connectivity index (χ2n) is 6.92. The fourth-order valence-electron chi connectivity index (χ4n) is 3.43. The molecule has 1 amide bonds. The van der Waals surface area contributed by atoms with Crippen LogP contribution in [0.4, 0.5) is 0 Å². The van der Waals surface area contributed by atoms with Gasteiger partial charge in [0.15, 0.2) is 0 Å². The Labute approximate surface area is 156 Å². The lowest BCUT2D eigenvalue weighted by Gasteiger charge is -2.23. The number of rotatable bonds is 4. The maximum atomic E-state index is 13.2. The maximum absolute atomic E-state index is 13.2. The van der Waals surface area contributed by atoms with E-state index in [9.17, 15) is 9.59 Å². The molecule has 26 heavy (non-hydrogen) atoms. The zero-order valence-corrected chi connectivity index (χ0v) is 15.7. The molecule has 0 unspecified atom stereocenters. The summed E-state index contributed by atoms with van der Waals surface area (Å²) < 4.78 is 4.81. The van der Waals surface area contributed by atoms with Crippen molar-refractivity contribution in [2.75, 3.05) is 13.7 Å². The van der Waals surface area contributed by atoms with E-state index in [1.807, 2.05) is 23.3 Å². The van der Waals surface area contributed by atoms with E-state index in [2.05, 4.69) is 9.97 Å². The van der Waals surface area contributed by atoms with Gasteiger partial charge in [-0.05, 0) is 44.7 Å². The summed E-state index contributed by atoms with van der Waals surface area (Å²) in [4.78, 5) is 36.0. The van der Waals surface area contributed by atoms with Gasteiger partial charge in [-0.1, -0.05) is 0 Å². The van der Waals surface area contributed by atoms with Gasteiger partial charge in [-0.2, -0.15) is 0 Å². The normalized spacial score (nSPS) is 19.6. The standard InChI is InChI=1S/C19H21N3O3S/c1-11-10-26-17(20-11)16-4-3-7-22(16)18(23)13-8-14(12-5-6-12)21-15(9-13)19(24)25-2/h8-10,12,16H,3-7H2,1-2H3/t16-/m1/s1. The van der Waals surface area contributed by atoms with Crippen LogP contribution in [0, 0.1) is 6.92 Å². The minimum absolute atomic E-state index is 0.0142. The van der Waals surface area contributed by atoms with Gasteiger partial charge in [0.2, 0.25) is 0 Å². The van der Waals surface area contributed by atoms with Crippen LogP contribution < -0.4 is 0 Å². The van der Waals surface area contributed by atoms with Crippen molar-refractivity contribution >= 4 is 23.2 Å². The summed E-state index contributed by atoms with van der Waals surface area (Å²) in [6, 6.07) is 3.41. The number of pyridine rings is 1. The first-order valence-electron chi connectivity index (χ1n) is 8.90. The third kappa shape index (κ3) is 3.23. The van der Waals surface area contributed by atoms with Gasteiger partial charge in [-0.25, -0.2) is 14.8 Å². The van der Waals surface area contributed by atoms with E-state index in [0.29, 0.717) is 18.0 Å². The van der Waals surface area contributed by atoms with E-state index in [1.165, 1.54) is 7.11 Å². The summed E-state index contributed by atoms with van der Waals surface area (Å²) >= 11 is 1.60. The number of likely N-dealkylation sites (tertiary alicyclic amines) is 1. The summed E-state index contributed by atoms with van der Waals surface area (Å²) in [6.45, 7) is 2.67. The van der Waals surface area contributed by atoms with E-state index >= 15 is 0 Å². The molecule has 6 nitrogen and oxygen atoms in total. The number of nitrogens with zero attached hydrogens (tertiary/aromatic N) is 3. The van der Waals surface area contributed by atoms with Crippen molar-refractivity contribution in [1.29, 1.82) is 0 Å². The van der Waals surface area contributed by atoms with E-state index < -0.39 is 5.97 Å². The number of hydrogen-bond acceptors (Lipinski definition) is 6. The van der Waals surface area contributed by atoms with Crippen molar-refractivity contribution in [1.82, 2.24) is 14.9 Å². The second kappa shape index (κ2) is 6.79. The SMILES string of the molecule is COC(=O)c1cc(C(=O)N2CCC[C@@H]2c2nc(C)cs2)cc(C2CC2)n1. The molecule has 2 fully saturated rings. The molecule has 136 valence electrons. The average Bonchev–Trinajstić information content (AvgIpc) is 3.24. The lowest BCUT2D eigenvalue weighted by Crippen LogP contribution is -2.31. The first-order valence-corrected chi connectivity index (χ1v) is 9.78. The van der Waals surface area contributed by atoms with Crippen LogP contribution in [0.1, 0.15) is 74.9 Å². The minimum atomic E-state index is -0.505. The predicted octanol–water partition coefficient (Wildman–Crippen LogP) is 3.49. The Balaban J connectivity index is 1.66. The smallest absolute Gasteiger partial charge is 0.356 e. The molecule has 3 heterocycles. The van der Waals surface area contributed by atoms with Gasteiger partial charge in [0, 0.05) is 34.8 Å². The summed E-state index contributed by atoms with van der Waals surface area (Å²) in [5.74, 6) is -0.216. The van der Waals surface area contributed by atoms with Crippen LogP contribution in [0.5, 0.6) is 0 Å². The molecular weight excluding hydrogens is 350 g/mol. The van der Waals surface area contributed by atoms with E-state index in [-0.39, 0.29) is 17.6 Å². The number of hydrogen-bond donors (Lipinski definition) is 0. The number of carbonyl (C=O) groups excluding carboxylic acids is 2. The average molecular weight is 371 g/mol. The quantitative estimate of drug-likeness (QED) is 0.769. The molecule has 7 heteroatoms.